The minimum atomic E-state index is 0.853. The second-order valence-electron chi connectivity index (χ2n) is 4.30. The number of halogens is 1. The molecule has 0 bridgehead atoms. The molecule has 0 saturated heterocycles. The average molecular weight is 299 g/mol. The number of rotatable bonds is 10. The molecule has 1 nitrogen and oxygen atoms in total. The highest BCUT2D eigenvalue weighted by atomic mass is 79.9. The standard InChI is InChI=1S/C15H23BrO/c16-12-7-2-1-3-8-13-17-14-11-15-9-5-4-6-10-15/h4-6,9-10H,1-3,7-8,11-14H2. The highest BCUT2D eigenvalue weighted by Crippen LogP contribution is 2.05. The molecule has 0 aliphatic carbocycles. The van der Waals surface area contributed by atoms with Crippen molar-refractivity contribution in [1.29, 1.82) is 0 Å². The second-order valence-corrected chi connectivity index (χ2v) is 5.10. The Morgan fingerprint density at radius 2 is 1.53 bits per heavy atom. The van der Waals surface area contributed by atoms with Gasteiger partial charge in [-0.3, -0.25) is 0 Å². The first kappa shape index (κ1) is 14.7. The molecule has 1 aromatic carbocycles. The monoisotopic (exact) mass is 298 g/mol. The summed E-state index contributed by atoms with van der Waals surface area (Å²) < 4.78 is 5.63. The molecule has 0 aliphatic rings. The molecule has 0 atom stereocenters. The zero-order valence-electron chi connectivity index (χ0n) is 10.5. The van der Waals surface area contributed by atoms with Gasteiger partial charge in [0.1, 0.15) is 0 Å². The molecule has 2 heteroatoms. The Labute approximate surface area is 114 Å². The summed E-state index contributed by atoms with van der Waals surface area (Å²) in [5, 5.41) is 1.14. The molecule has 96 valence electrons. The number of unbranched alkanes of at least 4 members (excludes halogenated alkanes) is 4. The molecule has 0 radical (unpaired) electrons. The summed E-state index contributed by atoms with van der Waals surface area (Å²) in [6.45, 7) is 1.77. The molecule has 0 amide bonds. The summed E-state index contributed by atoms with van der Waals surface area (Å²) in [6.07, 6.45) is 7.53. The quantitative estimate of drug-likeness (QED) is 0.453. The summed E-state index contributed by atoms with van der Waals surface area (Å²) in [5.41, 5.74) is 1.37. The van der Waals surface area contributed by atoms with Crippen LogP contribution in [0.15, 0.2) is 30.3 Å². The van der Waals surface area contributed by atoms with Gasteiger partial charge < -0.3 is 4.74 Å². The van der Waals surface area contributed by atoms with Crippen LogP contribution in [0.2, 0.25) is 0 Å². The van der Waals surface area contributed by atoms with Gasteiger partial charge in [-0.25, -0.2) is 0 Å². The second kappa shape index (κ2) is 10.8. The lowest BCUT2D eigenvalue weighted by Gasteiger charge is -2.04. The van der Waals surface area contributed by atoms with E-state index in [-0.39, 0.29) is 0 Å². The number of alkyl halides is 1. The fourth-order valence-corrected chi connectivity index (χ4v) is 2.16. The van der Waals surface area contributed by atoms with Gasteiger partial charge in [0, 0.05) is 11.9 Å². The fraction of sp³-hybridized carbons (Fsp3) is 0.600. The van der Waals surface area contributed by atoms with E-state index in [2.05, 4.69) is 46.3 Å². The molecule has 0 unspecified atom stereocenters. The van der Waals surface area contributed by atoms with Gasteiger partial charge in [-0.15, -0.1) is 0 Å². The SMILES string of the molecule is BrCCCCCCCOCCc1ccccc1. The van der Waals surface area contributed by atoms with Crippen molar-refractivity contribution in [2.45, 2.75) is 38.5 Å². The predicted molar refractivity (Wildman–Crippen MR) is 77.8 cm³/mol. The van der Waals surface area contributed by atoms with E-state index in [1.54, 1.807) is 0 Å². The zero-order chi connectivity index (χ0) is 12.2. The topological polar surface area (TPSA) is 9.23 Å². The Bertz CT molecular complexity index is 261. The van der Waals surface area contributed by atoms with E-state index in [1.807, 2.05) is 0 Å². The summed E-state index contributed by atoms with van der Waals surface area (Å²) in [5.74, 6) is 0. The highest BCUT2D eigenvalue weighted by molar-refractivity contribution is 9.09. The van der Waals surface area contributed by atoms with Crippen LogP contribution in [0.25, 0.3) is 0 Å². The zero-order valence-corrected chi connectivity index (χ0v) is 12.1. The van der Waals surface area contributed by atoms with Gasteiger partial charge in [0.15, 0.2) is 0 Å². The molecular weight excluding hydrogens is 276 g/mol. The van der Waals surface area contributed by atoms with Crippen molar-refractivity contribution in [2.75, 3.05) is 18.5 Å². The van der Waals surface area contributed by atoms with E-state index >= 15 is 0 Å². The van der Waals surface area contributed by atoms with Crippen LogP contribution in [0.5, 0.6) is 0 Å². The highest BCUT2D eigenvalue weighted by Gasteiger charge is 1.93. The van der Waals surface area contributed by atoms with Crippen LogP contribution in [0, 0.1) is 0 Å². The van der Waals surface area contributed by atoms with Gasteiger partial charge in [-0.1, -0.05) is 65.5 Å². The first-order valence-electron chi connectivity index (χ1n) is 6.61. The maximum Gasteiger partial charge on any atom is 0.0506 e. The average Bonchev–Trinajstić information content (AvgIpc) is 2.38. The Balaban J connectivity index is 1.85. The van der Waals surface area contributed by atoms with Gasteiger partial charge in [-0.05, 0) is 24.8 Å². The minimum absolute atomic E-state index is 0.853. The van der Waals surface area contributed by atoms with Crippen molar-refractivity contribution in [1.82, 2.24) is 0 Å². The number of hydrogen-bond acceptors (Lipinski definition) is 1. The smallest absolute Gasteiger partial charge is 0.0506 e. The Morgan fingerprint density at radius 1 is 0.824 bits per heavy atom. The Kier molecular flexibility index (Phi) is 9.34. The summed E-state index contributed by atoms with van der Waals surface area (Å²) in [6, 6.07) is 10.5. The van der Waals surface area contributed by atoms with Crippen LogP contribution in [0.3, 0.4) is 0 Å². The third-order valence-corrected chi connectivity index (χ3v) is 3.36. The number of hydrogen-bond donors (Lipinski definition) is 0. The Morgan fingerprint density at radius 3 is 2.29 bits per heavy atom. The van der Waals surface area contributed by atoms with Gasteiger partial charge in [0.2, 0.25) is 0 Å². The van der Waals surface area contributed by atoms with E-state index in [0.29, 0.717) is 0 Å². The summed E-state index contributed by atoms with van der Waals surface area (Å²) in [4.78, 5) is 0. The minimum Gasteiger partial charge on any atom is -0.381 e. The predicted octanol–water partition coefficient (Wildman–Crippen LogP) is 4.59. The molecule has 0 saturated carbocycles. The molecule has 0 spiro atoms. The molecular formula is C15H23BrO. The fourth-order valence-electron chi connectivity index (χ4n) is 1.77. The third kappa shape index (κ3) is 8.39. The molecule has 0 heterocycles. The molecule has 17 heavy (non-hydrogen) atoms. The van der Waals surface area contributed by atoms with Crippen molar-refractivity contribution in [3.63, 3.8) is 0 Å². The summed E-state index contributed by atoms with van der Waals surface area (Å²) in [7, 11) is 0. The van der Waals surface area contributed by atoms with Crippen molar-refractivity contribution in [2.24, 2.45) is 0 Å². The lowest BCUT2D eigenvalue weighted by Crippen LogP contribution is -2.00. The normalized spacial score (nSPS) is 10.6. The first-order chi connectivity index (χ1) is 8.43. The van der Waals surface area contributed by atoms with E-state index in [9.17, 15) is 0 Å². The molecule has 0 N–H and O–H groups in total. The van der Waals surface area contributed by atoms with Gasteiger partial charge >= 0.3 is 0 Å². The molecule has 0 aliphatic heterocycles. The van der Waals surface area contributed by atoms with Crippen molar-refractivity contribution in [3.8, 4) is 0 Å². The van der Waals surface area contributed by atoms with Crippen molar-refractivity contribution in [3.05, 3.63) is 35.9 Å². The van der Waals surface area contributed by atoms with Gasteiger partial charge in [0.25, 0.3) is 0 Å². The van der Waals surface area contributed by atoms with E-state index in [0.717, 1.165) is 25.0 Å². The Hall–Kier alpha value is -0.340. The van der Waals surface area contributed by atoms with E-state index in [1.165, 1.54) is 37.7 Å². The van der Waals surface area contributed by atoms with Crippen LogP contribution in [0.1, 0.15) is 37.7 Å². The van der Waals surface area contributed by atoms with Crippen LogP contribution in [-0.2, 0) is 11.2 Å². The number of ether oxygens (including phenoxy) is 1. The first-order valence-corrected chi connectivity index (χ1v) is 7.73. The van der Waals surface area contributed by atoms with Crippen LogP contribution >= 0.6 is 15.9 Å². The molecule has 0 aromatic heterocycles. The maximum atomic E-state index is 5.63. The van der Waals surface area contributed by atoms with E-state index in [4.69, 9.17) is 4.74 Å². The third-order valence-electron chi connectivity index (χ3n) is 2.80. The summed E-state index contributed by atoms with van der Waals surface area (Å²) >= 11 is 3.45. The van der Waals surface area contributed by atoms with Crippen LogP contribution in [-0.4, -0.2) is 18.5 Å². The van der Waals surface area contributed by atoms with Gasteiger partial charge in [-0.2, -0.15) is 0 Å². The van der Waals surface area contributed by atoms with Crippen LogP contribution in [0.4, 0.5) is 0 Å². The van der Waals surface area contributed by atoms with Crippen molar-refractivity contribution >= 4 is 15.9 Å². The number of benzene rings is 1. The molecule has 0 fully saturated rings. The lowest BCUT2D eigenvalue weighted by molar-refractivity contribution is 0.133. The van der Waals surface area contributed by atoms with E-state index < -0.39 is 0 Å². The maximum absolute atomic E-state index is 5.63. The van der Waals surface area contributed by atoms with Gasteiger partial charge in [0.05, 0.1) is 6.61 Å². The lowest BCUT2D eigenvalue weighted by atomic mass is 10.1. The molecule has 1 rings (SSSR count). The van der Waals surface area contributed by atoms with Crippen molar-refractivity contribution < 1.29 is 4.74 Å². The molecule has 1 aromatic rings. The van der Waals surface area contributed by atoms with Crippen LogP contribution < -0.4 is 0 Å². The largest absolute Gasteiger partial charge is 0.381 e.